The third-order valence-electron chi connectivity index (χ3n) is 4.67. The number of carbonyl (C=O) groups is 1. The fourth-order valence-corrected chi connectivity index (χ4v) is 6.70. The van der Waals surface area contributed by atoms with E-state index in [1.807, 2.05) is 0 Å². The predicted molar refractivity (Wildman–Crippen MR) is 112 cm³/mol. The molecule has 0 fully saturated rings. The number of rotatable bonds is 6. The summed E-state index contributed by atoms with van der Waals surface area (Å²) in [5, 5.41) is 0. The molecular formula is C18H23N3O5S3. The molecule has 1 aromatic heterocycles. The van der Waals surface area contributed by atoms with Crippen molar-refractivity contribution in [1.29, 1.82) is 0 Å². The van der Waals surface area contributed by atoms with Crippen molar-refractivity contribution < 1.29 is 21.6 Å². The van der Waals surface area contributed by atoms with Gasteiger partial charge in [-0.15, -0.1) is 11.3 Å². The number of carbonyl (C=O) groups excluding carboxylic acids is 1. The Morgan fingerprint density at radius 1 is 1.17 bits per heavy atom. The summed E-state index contributed by atoms with van der Waals surface area (Å²) in [6, 6.07) is 7.82. The number of fused-ring (bicyclic) bond motifs is 1. The highest BCUT2D eigenvalue weighted by atomic mass is 32.2. The highest BCUT2D eigenvalue weighted by molar-refractivity contribution is 7.91. The maximum atomic E-state index is 12.7. The van der Waals surface area contributed by atoms with Crippen LogP contribution in [-0.4, -0.2) is 47.7 Å². The fourth-order valence-electron chi connectivity index (χ4n) is 3.09. The summed E-state index contributed by atoms with van der Waals surface area (Å²) in [7, 11) is -4.43. The Hall–Kier alpha value is -1.79. The number of hydrogen-bond donors (Lipinski definition) is 1. The molecule has 0 bridgehead atoms. The monoisotopic (exact) mass is 457 g/mol. The van der Waals surface area contributed by atoms with Gasteiger partial charge in [0.1, 0.15) is 4.21 Å². The molecule has 1 N–H and O–H groups in total. The van der Waals surface area contributed by atoms with E-state index in [0.29, 0.717) is 17.8 Å². The minimum atomic E-state index is -3.78. The first-order chi connectivity index (χ1) is 13.5. The summed E-state index contributed by atoms with van der Waals surface area (Å²) >= 11 is 1.03. The first-order valence-electron chi connectivity index (χ1n) is 8.94. The zero-order chi connectivity index (χ0) is 21.4. The third-order valence-corrected chi connectivity index (χ3v) is 9.44. The number of amides is 1. The van der Waals surface area contributed by atoms with Crippen LogP contribution in [0.5, 0.6) is 0 Å². The van der Waals surface area contributed by atoms with Gasteiger partial charge in [-0.25, -0.2) is 25.9 Å². The van der Waals surface area contributed by atoms with E-state index in [2.05, 4.69) is 4.72 Å². The number of hydrogen-bond acceptors (Lipinski definition) is 6. The van der Waals surface area contributed by atoms with E-state index in [4.69, 9.17) is 0 Å². The number of nitrogens with one attached hydrogen (secondary N) is 1. The molecule has 3 rings (SSSR count). The molecule has 158 valence electrons. The Morgan fingerprint density at radius 3 is 2.55 bits per heavy atom. The second-order valence-electron chi connectivity index (χ2n) is 6.90. The first-order valence-corrected chi connectivity index (χ1v) is 12.7. The maximum absolute atomic E-state index is 12.7. The lowest BCUT2D eigenvalue weighted by atomic mass is 10.0. The van der Waals surface area contributed by atoms with Crippen molar-refractivity contribution in [3.05, 3.63) is 40.8 Å². The molecule has 2 aromatic rings. The summed E-state index contributed by atoms with van der Waals surface area (Å²) in [6.07, 6.45) is 1.49. The summed E-state index contributed by atoms with van der Waals surface area (Å²) in [6.45, 7) is 2.11. The minimum Gasteiger partial charge on any atom is -0.312 e. The van der Waals surface area contributed by atoms with E-state index in [0.717, 1.165) is 33.3 Å². The van der Waals surface area contributed by atoms with Gasteiger partial charge in [0.05, 0.1) is 4.90 Å². The number of nitrogens with zero attached hydrogens (tertiary/aromatic N) is 2. The molecule has 0 radical (unpaired) electrons. The smallest absolute Gasteiger partial charge is 0.252 e. The van der Waals surface area contributed by atoms with Crippen LogP contribution in [0, 0.1) is 0 Å². The highest BCUT2D eigenvalue weighted by Gasteiger charge is 2.24. The van der Waals surface area contributed by atoms with E-state index >= 15 is 0 Å². The van der Waals surface area contributed by atoms with Crippen molar-refractivity contribution >= 4 is 43.0 Å². The van der Waals surface area contributed by atoms with Crippen molar-refractivity contribution in [1.82, 2.24) is 9.03 Å². The van der Waals surface area contributed by atoms with Gasteiger partial charge in [-0.05, 0) is 48.7 Å². The lowest BCUT2D eigenvalue weighted by Gasteiger charge is -2.28. The van der Waals surface area contributed by atoms with Crippen LogP contribution in [-0.2, 0) is 37.8 Å². The number of sulfonamides is 2. The van der Waals surface area contributed by atoms with Gasteiger partial charge in [0.2, 0.25) is 15.9 Å². The van der Waals surface area contributed by atoms with Crippen LogP contribution < -0.4 is 9.62 Å². The second kappa shape index (κ2) is 8.15. The van der Waals surface area contributed by atoms with E-state index in [1.165, 1.54) is 33.2 Å². The van der Waals surface area contributed by atoms with Gasteiger partial charge >= 0.3 is 0 Å². The van der Waals surface area contributed by atoms with Crippen molar-refractivity contribution in [2.24, 2.45) is 0 Å². The second-order valence-corrected chi connectivity index (χ2v) is 12.2. The summed E-state index contributed by atoms with van der Waals surface area (Å²) < 4.78 is 53.5. The summed E-state index contributed by atoms with van der Waals surface area (Å²) in [4.78, 5) is 14.1. The van der Waals surface area contributed by atoms with Crippen molar-refractivity contribution in [3.8, 4) is 0 Å². The van der Waals surface area contributed by atoms with E-state index in [9.17, 15) is 21.6 Å². The topological polar surface area (TPSA) is 104 Å². The molecule has 1 aromatic carbocycles. The molecule has 0 saturated carbocycles. The predicted octanol–water partition coefficient (Wildman–Crippen LogP) is 1.78. The Labute approximate surface area is 175 Å². The van der Waals surface area contributed by atoms with Crippen LogP contribution in [0.15, 0.2) is 39.4 Å². The zero-order valence-electron chi connectivity index (χ0n) is 16.4. The Bertz CT molecular complexity index is 1140. The van der Waals surface area contributed by atoms with Crippen molar-refractivity contribution in [3.63, 3.8) is 0 Å². The Kier molecular flexibility index (Phi) is 6.16. The molecule has 29 heavy (non-hydrogen) atoms. The molecule has 1 amide bonds. The lowest BCUT2D eigenvalue weighted by molar-refractivity contribution is -0.116. The quantitative estimate of drug-likeness (QED) is 0.712. The van der Waals surface area contributed by atoms with E-state index < -0.39 is 20.0 Å². The van der Waals surface area contributed by atoms with Crippen LogP contribution >= 0.6 is 11.3 Å². The van der Waals surface area contributed by atoms with Gasteiger partial charge in [-0.3, -0.25) is 4.79 Å². The molecule has 1 aliphatic heterocycles. The molecule has 1 aliphatic rings. The van der Waals surface area contributed by atoms with Gasteiger partial charge in [-0.2, -0.15) is 0 Å². The van der Waals surface area contributed by atoms with E-state index in [-0.39, 0.29) is 21.6 Å². The van der Waals surface area contributed by atoms with Gasteiger partial charge in [0.15, 0.2) is 0 Å². The molecule has 8 nitrogen and oxygen atoms in total. The van der Waals surface area contributed by atoms with Crippen LogP contribution in [0.2, 0.25) is 0 Å². The van der Waals surface area contributed by atoms with Crippen LogP contribution in [0.3, 0.4) is 0 Å². The van der Waals surface area contributed by atoms with Crippen molar-refractivity contribution in [2.75, 3.05) is 25.5 Å². The average molecular weight is 458 g/mol. The number of aryl methyl sites for hydroxylation is 1. The molecular weight excluding hydrogens is 434 g/mol. The SMILES string of the molecule is CC(=O)N1CCCc2cc(S(=O)(=O)NCc3ccc(S(=O)(=O)N(C)C)s3)ccc21. The van der Waals surface area contributed by atoms with Gasteiger partial charge < -0.3 is 4.90 Å². The maximum Gasteiger partial charge on any atom is 0.252 e. The fraction of sp³-hybridized carbons (Fsp3) is 0.389. The standard InChI is InChI=1S/C18H23N3O5S3/c1-13(22)21-10-4-5-14-11-16(7-8-17(14)21)28(23,24)19-12-15-6-9-18(27-15)29(25,26)20(2)3/h6-9,11,19H,4-5,10,12H2,1-3H3. The molecule has 0 atom stereocenters. The molecule has 0 aliphatic carbocycles. The zero-order valence-corrected chi connectivity index (χ0v) is 18.8. The molecule has 11 heteroatoms. The van der Waals surface area contributed by atoms with Gasteiger partial charge in [0.25, 0.3) is 10.0 Å². The molecule has 0 spiro atoms. The van der Waals surface area contributed by atoms with Crippen LogP contribution in [0.1, 0.15) is 23.8 Å². The molecule has 0 unspecified atom stereocenters. The summed E-state index contributed by atoms with van der Waals surface area (Å²) in [5.74, 6) is -0.0686. The largest absolute Gasteiger partial charge is 0.312 e. The number of thiophene rings is 1. The van der Waals surface area contributed by atoms with Crippen molar-refractivity contribution in [2.45, 2.75) is 35.4 Å². The lowest BCUT2D eigenvalue weighted by Crippen LogP contribution is -2.33. The Morgan fingerprint density at radius 2 is 1.90 bits per heavy atom. The molecule has 0 saturated heterocycles. The average Bonchev–Trinajstić information content (AvgIpc) is 3.15. The van der Waals surface area contributed by atoms with Crippen LogP contribution in [0.25, 0.3) is 0 Å². The third kappa shape index (κ3) is 4.53. The number of benzene rings is 1. The highest BCUT2D eigenvalue weighted by Crippen LogP contribution is 2.30. The Balaban J connectivity index is 1.77. The molecule has 2 heterocycles. The van der Waals surface area contributed by atoms with Gasteiger partial charge in [0, 0.05) is 44.7 Å². The van der Waals surface area contributed by atoms with Crippen LogP contribution in [0.4, 0.5) is 5.69 Å². The van der Waals surface area contributed by atoms with Gasteiger partial charge in [-0.1, -0.05) is 0 Å². The summed E-state index contributed by atoms with van der Waals surface area (Å²) in [5.41, 5.74) is 1.57. The minimum absolute atomic E-state index is 0.00734. The van der Waals surface area contributed by atoms with E-state index in [1.54, 1.807) is 23.1 Å². The first kappa shape index (κ1) is 21.9. The normalized spacial score (nSPS) is 14.8. The number of anilines is 1.